The second kappa shape index (κ2) is 15.8. The number of rotatable bonds is 7. The van der Waals surface area contributed by atoms with Crippen LogP contribution in [0.25, 0.3) is 88.6 Å². The summed E-state index contributed by atoms with van der Waals surface area (Å²) in [5.74, 6) is 0. The topological polar surface area (TPSA) is 13.1 Å². The van der Waals surface area contributed by atoms with Gasteiger partial charge in [-0.25, -0.2) is 0 Å². The summed E-state index contributed by atoms with van der Waals surface area (Å²) in [6.45, 7) is 0. The lowest BCUT2D eigenvalue weighted by molar-refractivity contribution is 0.793. The van der Waals surface area contributed by atoms with Gasteiger partial charge in [-0.2, -0.15) is 0 Å². The van der Waals surface area contributed by atoms with Gasteiger partial charge in [-0.05, 0) is 146 Å². The van der Waals surface area contributed by atoms with E-state index in [4.69, 9.17) is 0 Å². The minimum Gasteiger partial charge on any atom is -0.316 e. The van der Waals surface area contributed by atoms with E-state index in [1.165, 1.54) is 93.9 Å². The van der Waals surface area contributed by atoms with Crippen molar-refractivity contribution in [1.82, 2.24) is 9.13 Å². The van der Waals surface area contributed by atoms with E-state index in [9.17, 15) is 0 Å². The number of hydrogen-bond acceptors (Lipinski definition) is 1. The van der Waals surface area contributed by atoms with Gasteiger partial charge in [0.2, 0.25) is 0 Å². The molecule has 2 aliphatic carbocycles. The monoisotopic (exact) mass is 915 g/mol. The molecule has 2 aromatic heterocycles. The van der Waals surface area contributed by atoms with Crippen molar-refractivity contribution in [3.8, 4) is 55.9 Å². The Labute approximate surface area is 418 Å². The minimum absolute atomic E-state index is 0.437. The van der Waals surface area contributed by atoms with Crippen molar-refractivity contribution >= 4 is 49.8 Å². The molecule has 3 heteroatoms. The van der Waals surface area contributed by atoms with Crippen molar-refractivity contribution in [1.29, 1.82) is 0 Å². The summed E-state index contributed by atoms with van der Waals surface area (Å²) < 4.78 is 4.75. The Bertz CT molecular complexity index is 4170. The number of fused-ring (bicyclic) bond motifs is 15. The van der Waals surface area contributed by atoms with Crippen LogP contribution in [0.5, 0.6) is 0 Å². The Morgan fingerprint density at radius 3 is 1.42 bits per heavy atom. The molecule has 1 spiro atoms. The number of nitrogens with zero attached hydrogens (tertiary/aromatic N) is 3. The van der Waals surface area contributed by atoms with Crippen LogP contribution < -0.4 is 4.90 Å². The van der Waals surface area contributed by atoms with Crippen molar-refractivity contribution in [2.45, 2.75) is 5.41 Å². The maximum atomic E-state index is 2.48. The van der Waals surface area contributed by atoms with E-state index in [-0.39, 0.29) is 0 Å². The van der Waals surface area contributed by atoms with E-state index in [1.807, 2.05) is 0 Å². The van der Waals surface area contributed by atoms with Gasteiger partial charge < -0.3 is 14.0 Å². The first-order valence-electron chi connectivity index (χ1n) is 24.9. The smallest absolute Gasteiger partial charge is 0.0726 e. The van der Waals surface area contributed by atoms with Crippen LogP contribution in [0.15, 0.2) is 273 Å². The van der Waals surface area contributed by atoms with E-state index in [0.717, 1.165) is 34.0 Å². The molecular weight excluding hydrogens is 871 g/mol. The summed E-state index contributed by atoms with van der Waals surface area (Å²) in [4.78, 5) is 2.43. The number of hydrogen-bond donors (Lipinski definition) is 0. The molecule has 15 rings (SSSR count). The Morgan fingerprint density at radius 2 is 0.806 bits per heavy atom. The second-order valence-corrected chi connectivity index (χ2v) is 19.2. The largest absolute Gasteiger partial charge is 0.316 e. The van der Waals surface area contributed by atoms with Crippen LogP contribution in [-0.2, 0) is 5.41 Å². The summed E-state index contributed by atoms with van der Waals surface area (Å²) in [6, 6.07) is 98.4. The zero-order chi connectivity index (χ0) is 47.3. The maximum Gasteiger partial charge on any atom is 0.0726 e. The Morgan fingerprint density at radius 1 is 0.319 bits per heavy atom. The first-order chi connectivity index (χ1) is 35.7. The van der Waals surface area contributed by atoms with E-state index < -0.39 is 5.41 Å². The molecule has 13 aromatic rings. The average Bonchev–Trinajstić information content (AvgIpc) is 4.20. The molecule has 0 N–H and O–H groups in total. The lowest BCUT2D eigenvalue weighted by Crippen LogP contribution is -2.26. The van der Waals surface area contributed by atoms with Gasteiger partial charge in [0.25, 0.3) is 0 Å². The molecule has 2 heterocycles. The molecule has 72 heavy (non-hydrogen) atoms. The lowest BCUT2D eigenvalue weighted by Gasteiger charge is -2.32. The van der Waals surface area contributed by atoms with Crippen molar-refractivity contribution < 1.29 is 0 Å². The number of benzene rings is 11. The third-order valence-corrected chi connectivity index (χ3v) is 15.6. The molecule has 0 radical (unpaired) electrons. The Balaban J connectivity index is 0.833. The fraction of sp³-hybridized carbons (Fsp3) is 0.0145. The highest BCUT2D eigenvalue weighted by Crippen LogP contribution is 2.63. The quantitative estimate of drug-likeness (QED) is 0.155. The van der Waals surface area contributed by atoms with E-state index >= 15 is 0 Å². The first-order valence-corrected chi connectivity index (χ1v) is 24.9. The van der Waals surface area contributed by atoms with Gasteiger partial charge in [0.1, 0.15) is 0 Å². The zero-order valence-electron chi connectivity index (χ0n) is 39.3. The Hall–Kier alpha value is -9.44. The van der Waals surface area contributed by atoms with E-state index in [1.54, 1.807) is 0 Å². The molecule has 0 saturated carbocycles. The molecule has 3 nitrogen and oxygen atoms in total. The molecule has 2 aliphatic rings. The fourth-order valence-corrected chi connectivity index (χ4v) is 12.5. The third kappa shape index (κ3) is 5.85. The van der Waals surface area contributed by atoms with Gasteiger partial charge in [-0.1, -0.05) is 188 Å². The van der Waals surface area contributed by atoms with E-state index in [0.29, 0.717) is 0 Å². The highest BCUT2D eigenvalue weighted by Gasteiger charge is 2.51. The van der Waals surface area contributed by atoms with Crippen LogP contribution in [-0.4, -0.2) is 9.13 Å². The van der Waals surface area contributed by atoms with Gasteiger partial charge in [0.05, 0.1) is 22.0 Å². The normalized spacial score (nSPS) is 12.8. The predicted molar refractivity (Wildman–Crippen MR) is 299 cm³/mol. The van der Waals surface area contributed by atoms with Crippen LogP contribution >= 0.6 is 0 Å². The summed E-state index contributed by atoms with van der Waals surface area (Å²) in [5, 5.41) is 3.73. The standard InChI is InChI=1S/C69H45N3/c1-3-15-46(16-4-1)47-29-36-53(37-30-47)71(55-40-41-59-58-21-9-13-25-63(58)69(64(59)45-55)61-23-11-7-19-56(61)57-20-8-12-24-62(57)69)54-38-31-49(32-39-54)48-27-34-51(35-28-48)70-44-43-50-33-42-66-67(68(50)70)60-22-10-14-26-65(60)72(66)52-17-5-2-6-18-52/h1-45H. The van der Waals surface area contributed by atoms with Crippen LogP contribution in [0.4, 0.5) is 17.1 Å². The van der Waals surface area contributed by atoms with Gasteiger partial charge in [0, 0.05) is 50.8 Å². The predicted octanol–water partition coefficient (Wildman–Crippen LogP) is 17.9. The fourth-order valence-electron chi connectivity index (χ4n) is 12.5. The first kappa shape index (κ1) is 40.4. The molecule has 0 bridgehead atoms. The zero-order valence-corrected chi connectivity index (χ0v) is 39.3. The molecule has 336 valence electrons. The maximum absolute atomic E-state index is 2.48. The highest BCUT2D eigenvalue weighted by atomic mass is 15.1. The number of para-hydroxylation sites is 2. The molecule has 0 aliphatic heterocycles. The molecule has 0 unspecified atom stereocenters. The SMILES string of the molecule is c1ccc(-c2ccc(N(c3ccc(-c4ccc(-n5ccc6ccc7c(c8ccccc8n7-c7ccccc7)c65)cc4)cc3)c3ccc4c(c3)C3(c5ccccc5-c5ccccc53)c3ccccc3-4)cc2)cc1. The van der Waals surface area contributed by atoms with Crippen molar-refractivity contribution in [2.75, 3.05) is 4.90 Å². The minimum atomic E-state index is -0.437. The molecule has 0 amide bonds. The van der Waals surface area contributed by atoms with Crippen molar-refractivity contribution in [3.05, 3.63) is 295 Å². The number of anilines is 3. The Kier molecular flexibility index (Phi) is 8.87. The molecular formula is C69H45N3. The summed E-state index contributed by atoms with van der Waals surface area (Å²) in [6.07, 6.45) is 2.22. The molecule has 0 fully saturated rings. The molecule has 0 atom stereocenters. The second-order valence-electron chi connectivity index (χ2n) is 19.2. The highest BCUT2D eigenvalue weighted by molar-refractivity contribution is 6.20. The van der Waals surface area contributed by atoms with Gasteiger partial charge in [-0.15, -0.1) is 0 Å². The summed E-state index contributed by atoms with van der Waals surface area (Å²) >= 11 is 0. The van der Waals surface area contributed by atoms with Crippen LogP contribution in [0.3, 0.4) is 0 Å². The molecule has 11 aromatic carbocycles. The van der Waals surface area contributed by atoms with Crippen LogP contribution in [0.2, 0.25) is 0 Å². The van der Waals surface area contributed by atoms with E-state index in [2.05, 4.69) is 287 Å². The summed E-state index contributed by atoms with van der Waals surface area (Å²) in [7, 11) is 0. The van der Waals surface area contributed by atoms with Crippen LogP contribution in [0, 0.1) is 0 Å². The number of aromatic nitrogens is 2. The van der Waals surface area contributed by atoms with Gasteiger partial charge >= 0.3 is 0 Å². The third-order valence-electron chi connectivity index (χ3n) is 15.6. The summed E-state index contributed by atoms with van der Waals surface area (Å²) in [5.41, 5.74) is 24.1. The van der Waals surface area contributed by atoms with Crippen molar-refractivity contribution in [3.63, 3.8) is 0 Å². The van der Waals surface area contributed by atoms with Gasteiger partial charge in [-0.3, -0.25) is 0 Å². The van der Waals surface area contributed by atoms with Crippen LogP contribution in [0.1, 0.15) is 22.3 Å². The molecule has 0 saturated heterocycles. The van der Waals surface area contributed by atoms with Gasteiger partial charge in [0.15, 0.2) is 0 Å². The lowest BCUT2D eigenvalue weighted by atomic mass is 9.70. The van der Waals surface area contributed by atoms with Crippen molar-refractivity contribution in [2.24, 2.45) is 0 Å². The average molecular weight is 916 g/mol.